The molecule has 3 nitrogen and oxygen atoms in total. The van der Waals surface area contributed by atoms with Crippen LogP contribution in [0.2, 0.25) is 0 Å². The molecule has 0 saturated heterocycles. The van der Waals surface area contributed by atoms with E-state index in [-0.39, 0.29) is 5.54 Å². The summed E-state index contributed by atoms with van der Waals surface area (Å²) in [6.45, 7) is 9.75. The lowest BCUT2D eigenvalue weighted by Crippen LogP contribution is -2.35. The zero-order valence-corrected chi connectivity index (χ0v) is 13.3. The molecule has 0 atom stereocenters. The van der Waals surface area contributed by atoms with Gasteiger partial charge in [0.15, 0.2) is 0 Å². The Morgan fingerprint density at radius 1 is 1.24 bits per heavy atom. The fraction of sp³-hybridized carbons (Fsp3) is 0.389. The van der Waals surface area contributed by atoms with E-state index in [0.29, 0.717) is 6.61 Å². The van der Waals surface area contributed by atoms with Crippen LogP contribution in [0.25, 0.3) is 10.9 Å². The van der Waals surface area contributed by atoms with Gasteiger partial charge in [0.1, 0.15) is 12.4 Å². The van der Waals surface area contributed by atoms with E-state index >= 15 is 0 Å². The van der Waals surface area contributed by atoms with Crippen LogP contribution in [-0.4, -0.2) is 17.1 Å². The van der Waals surface area contributed by atoms with Crippen molar-refractivity contribution in [1.29, 1.82) is 0 Å². The van der Waals surface area contributed by atoms with E-state index < -0.39 is 0 Å². The Labute approximate surface area is 127 Å². The molecule has 0 aliphatic heterocycles. The third-order valence-electron chi connectivity index (χ3n) is 3.10. The van der Waals surface area contributed by atoms with E-state index in [9.17, 15) is 0 Å². The molecule has 0 spiro atoms. The lowest BCUT2D eigenvalue weighted by molar-refractivity contribution is 0.365. The smallest absolute Gasteiger partial charge is 0.131 e. The second-order valence-corrected chi connectivity index (χ2v) is 6.11. The Morgan fingerprint density at radius 3 is 2.71 bits per heavy atom. The van der Waals surface area contributed by atoms with Crippen LogP contribution in [0.4, 0.5) is 0 Å². The molecule has 2 aromatic rings. The molecule has 112 valence electrons. The van der Waals surface area contributed by atoms with Crippen molar-refractivity contribution >= 4 is 10.9 Å². The molecule has 1 aromatic carbocycles. The van der Waals surface area contributed by atoms with E-state index in [1.165, 1.54) is 0 Å². The highest BCUT2D eigenvalue weighted by Gasteiger charge is 2.11. The first-order chi connectivity index (χ1) is 9.99. The van der Waals surface area contributed by atoms with Crippen molar-refractivity contribution in [2.75, 3.05) is 6.61 Å². The Hall–Kier alpha value is -1.87. The Bertz CT molecular complexity index is 627. The number of benzene rings is 1. The van der Waals surface area contributed by atoms with E-state index in [1.807, 2.05) is 49.4 Å². The highest BCUT2D eigenvalue weighted by atomic mass is 16.5. The van der Waals surface area contributed by atoms with Crippen molar-refractivity contribution in [3.05, 3.63) is 48.2 Å². The monoisotopic (exact) mass is 284 g/mol. The van der Waals surface area contributed by atoms with Crippen molar-refractivity contribution in [2.45, 2.75) is 39.8 Å². The minimum absolute atomic E-state index is 0.0687. The van der Waals surface area contributed by atoms with Gasteiger partial charge >= 0.3 is 0 Å². The van der Waals surface area contributed by atoms with Crippen LogP contribution in [-0.2, 0) is 6.54 Å². The minimum Gasteiger partial charge on any atom is -0.489 e. The van der Waals surface area contributed by atoms with Gasteiger partial charge in [0.2, 0.25) is 0 Å². The third-order valence-corrected chi connectivity index (χ3v) is 3.10. The summed E-state index contributed by atoms with van der Waals surface area (Å²) in [4.78, 5) is 4.71. The molecule has 0 aliphatic rings. The first-order valence-corrected chi connectivity index (χ1v) is 7.37. The highest BCUT2D eigenvalue weighted by Crippen LogP contribution is 2.25. The predicted octanol–water partition coefficient (Wildman–Crippen LogP) is 4.08. The van der Waals surface area contributed by atoms with Crippen molar-refractivity contribution in [1.82, 2.24) is 10.3 Å². The van der Waals surface area contributed by atoms with E-state index in [2.05, 4.69) is 26.1 Å². The fourth-order valence-corrected chi connectivity index (χ4v) is 2.00. The standard InChI is InChI=1S/C18H24N2O/c1-5-6-11-21-17-12-14(13-19-18(2,3)4)20-16-10-8-7-9-15(16)17/h5-10,12,19H,11,13H2,1-4H3. The molecule has 0 amide bonds. The molecule has 1 N–H and O–H groups in total. The van der Waals surface area contributed by atoms with Crippen LogP contribution in [0.3, 0.4) is 0 Å². The molecule has 0 aliphatic carbocycles. The van der Waals surface area contributed by atoms with E-state index in [4.69, 9.17) is 9.72 Å². The second-order valence-electron chi connectivity index (χ2n) is 6.11. The summed E-state index contributed by atoms with van der Waals surface area (Å²) < 4.78 is 5.88. The van der Waals surface area contributed by atoms with Gasteiger partial charge in [-0.1, -0.05) is 24.3 Å². The summed E-state index contributed by atoms with van der Waals surface area (Å²) in [6.07, 6.45) is 3.99. The number of ether oxygens (including phenoxy) is 1. The third kappa shape index (κ3) is 4.57. The number of allylic oxidation sites excluding steroid dienone is 1. The number of aromatic nitrogens is 1. The Morgan fingerprint density at radius 2 is 2.00 bits per heavy atom. The molecule has 2 rings (SSSR count). The number of nitrogens with zero attached hydrogens (tertiary/aromatic N) is 1. The summed E-state index contributed by atoms with van der Waals surface area (Å²) in [7, 11) is 0. The molecule has 0 unspecified atom stereocenters. The Kier molecular flexibility index (Phi) is 4.97. The number of rotatable bonds is 5. The molecule has 21 heavy (non-hydrogen) atoms. The van der Waals surface area contributed by atoms with Crippen LogP contribution < -0.4 is 10.1 Å². The molecular weight excluding hydrogens is 260 g/mol. The van der Waals surface area contributed by atoms with Gasteiger partial charge in [0.25, 0.3) is 0 Å². The van der Waals surface area contributed by atoms with Gasteiger partial charge in [-0.15, -0.1) is 0 Å². The summed E-state index contributed by atoms with van der Waals surface area (Å²) in [5.41, 5.74) is 2.04. The number of nitrogens with one attached hydrogen (secondary N) is 1. The maximum absolute atomic E-state index is 5.88. The average molecular weight is 284 g/mol. The largest absolute Gasteiger partial charge is 0.489 e. The first kappa shape index (κ1) is 15.5. The maximum Gasteiger partial charge on any atom is 0.131 e. The van der Waals surface area contributed by atoms with Gasteiger partial charge in [0, 0.05) is 23.5 Å². The van der Waals surface area contributed by atoms with Crippen LogP contribution in [0, 0.1) is 0 Å². The van der Waals surface area contributed by atoms with Gasteiger partial charge in [-0.05, 0) is 39.8 Å². The van der Waals surface area contributed by atoms with Crippen molar-refractivity contribution < 1.29 is 4.74 Å². The molecule has 1 heterocycles. The van der Waals surface area contributed by atoms with Gasteiger partial charge in [-0.25, -0.2) is 0 Å². The molecule has 3 heteroatoms. The lowest BCUT2D eigenvalue weighted by Gasteiger charge is -2.20. The number of pyridine rings is 1. The highest BCUT2D eigenvalue weighted by molar-refractivity contribution is 5.85. The molecule has 0 saturated carbocycles. The summed E-state index contributed by atoms with van der Waals surface area (Å²) in [5, 5.41) is 4.52. The van der Waals surface area contributed by atoms with E-state index in [1.54, 1.807) is 0 Å². The van der Waals surface area contributed by atoms with Crippen LogP contribution in [0.5, 0.6) is 5.75 Å². The van der Waals surface area contributed by atoms with E-state index in [0.717, 1.165) is 28.9 Å². The van der Waals surface area contributed by atoms with Gasteiger partial charge in [0.05, 0.1) is 11.2 Å². The van der Waals surface area contributed by atoms with Gasteiger partial charge < -0.3 is 10.1 Å². The van der Waals surface area contributed by atoms with Gasteiger partial charge in [-0.2, -0.15) is 0 Å². The van der Waals surface area contributed by atoms with Crippen molar-refractivity contribution in [2.24, 2.45) is 0 Å². The van der Waals surface area contributed by atoms with Crippen LogP contribution in [0.1, 0.15) is 33.4 Å². The number of hydrogen-bond donors (Lipinski definition) is 1. The van der Waals surface area contributed by atoms with Crippen molar-refractivity contribution in [3.63, 3.8) is 0 Å². The molecular formula is C18H24N2O. The topological polar surface area (TPSA) is 34.1 Å². The second kappa shape index (κ2) is 6.72. The molecule has 1 aromatic heterocycles. The average Bonchev–Trinajstić information content (AvgIpc) is 2.44. The minimum atomic E-state index is 0.0687. The summed E-state index contributed by atoms with van der Waals surface area (Å²) in [5.74, 6) is 0.893. The van der Waals surface area contributed by atoms with Crippen LogP contribution in [0.15, 0.2) is 42.5 Å². The number of fused-ring (bicyclic) bond motifs is 1. The molecule has 0 radical (unpaired) electrons. The zero-order chi connectivity index (χ0) is 15.3. The first-order valence-electron chi connectivity index (χ1n) is 7.37. The predicted molar refractivity (Wildman–Crippen MR) is 88.6 cm³/mol. The lowest BCUT2D eigenvalue weighted by atomic mass is 10.1. The molecule has 0 fully saturated rings. The fourth-order valence-electron chi connectivity index (χ4n) is 2.00. The normalized spacial score (nSPS) is 12.2. The van der Waals surface area contributed by atoms with Crippen LogP contribution >= 0.6 is 0 Å². The number of para-hydroxylation sites is 1. The number of hydrogen-bond acceptors (Lipinski definition) is 3. The summed E-state index contributed by atoms with van der Waals surface area (Å²) >= 11 is 0. The zero-order valence-electron chi connectivity index (χ0n) is 13.3. The summed E-state index contributed by atoms with van der Waals surface area (Å²) in [6, 6.07) is 10.1. The van der Waals surface area contributed by atoms with Crippen molar-refractivity contribution in [3.8, 4) is 5.75 Å². The Balaban J connectivity index is 2.30. The quantitative estimate of drug-likeness (QED) is 0.840. The maximum atomic E-state index is 5.88. The van der Waals surface area contributed by atoms with Gasteiger partial charge in [-0.3, -0.25) is 4.98 Å². The molecule has 0 bridgehead atoms. The SMILES string of the molecule is CC=CCOc1cc(CNC(C)(C)C)nc2ccccc12.